The summed E-state index contributed by atoms with van der Waals surface area (Å²) in [5.74, 6) is -3.53. The Bertz CT molecular complexity index is 1230. The maximum absolute atomic E-state index is 14.5. The van der Waals surface area contributed by atoms with Crippen LogP contribution in [0.1, 0.15) is 51.6 Å². The van der Waals surface area contributed by atoms with Gasteiger partial charge >= 0.3 is 5.97 Å². The van der Waals surface area contributed by atoms with E-state index in [9.17, 15) is 24.3 Å². The third-order valence-corrected chi connectivity index (χ3v) is 9.48. The number of allylic oxidation sites excluding steroid dienone is 1. The second kappa shape index (κ2) is 13.7. The van der Waals surface area contributed by atoms with Crippen LogP contribution < -0.4 is 5.32 Å². The van der Waals surface area contributed by atoms with Gasteiger partial charge in [0.05, 0.1) is 37.1 Å². The van der Waals surface area contributed by atoms with E-state index in [4.69, 9.17) is 9.47 Å². The van der Waals surface area contributed by atoms with Gasteiger partial charge in [0.1, 0.15) is 17.7 Å². The zero-order valence-corrected chi connectivity index (χ0v) is 26.6. The lowest BCUT2D eigenvalue weighted by molar-refractivity contribution is -0.160. The summed E-state index contributed by atoms with van der Waals surface area (Å²) in [7, 11) is 0. The number of carbonyl (C=O) groups is 4. The Morgan fingerprint density at radius 3 is 2.53 bits per heavy atom. The molecule has 2 N–H and O–H groups in total. The molecule has 234 valence electrons. The number of hydrogen-bond donors (Lipinski definition) is 2. The number of aliphatic hydroxyl groups is 1. The van der Waals surface area contributed by atoms with E-state index >= 15 is 0 Å². The van der Waals surface area contributed by atoms with Crippen molar-refractivity contribution in [2.75, 3.05) is 19.7 Å². The Hall–Kier alpha value is -3.02. The average Bonchev–Trinajstić information content (AvgIpc) is 3.57. The number of halogens is 1. The van der Waals surface area contributed by atoms with E-state index in [0.717, 1.165) is 0 Å². The highest BCUT2D eigenvalue weighted by molar-refractivity contribution is 9.09. The van der Waals surface area contributed by atoms with Gasteiger partial charge in [0.25, 0.3) is 0 Å². The van der Waals surface area contributed by atoms with Crippen molar-refractivity contribution in [3.8, 4) is 0 Å². The van der Waals surface area contributed by atoms with Gasteiger partial charge in [-0.2, -0.15) is 0 Å². The molecule has 1 aromatic carbocycles. The fraction of sp³-hybridized carbons (Fsp3) is 0.562. The van der Waals surface area contributed by atoms with Crippen LogP contribution in [0.2, 0.25) is 0 Å². The second-order valence-electron chi connectivity index (χ2n) is 11.8. The van der Waals surface area contributed by atoms with Crippen molar-refractivity contribution in [3.05, 3.63) is 61.2 Å². The number of alkyl halides is 1. The zero-order valence-electron chi connectivity index (χ0n) is 25.0. The van der Waals surface area contributed by atoms with Gasteiger partial charge in [0.15, 0.2) is 0 Å². The molecule has 3 heterocycles. The SMILES string of the molecule is C=CCCC(=O)NC[C@H](C)OC(=O)[C@@H]1[C@H]2O[C@@]3(CC2Br)[C@H](C(=O)N(CC=C)C(C)C)N([C@H](CO)c2ccccc2)C(=O)[C@@H]13. The molecule has 0 radical (unpaired) electrons. The van der Waals surface area contributed by atoms with E-state index in [1.165, 1.54) is 4.90 Å². The first-order chi connectivity index (χ1) is 20.5. The number of nitrogens with one attached hydrogen (secondary N) is 1. The molecule has 10 nitrogen and oxygen atoms in total. The highest BCUT2D eigenvalue weighted by Crippen LogP contribution is 2.61. The number of nitrogens with zero attached hydrogens (tertiary/aromatic N) is 2. The number of aliphatic hydroxyl groups excluding tert-OH is 1. The fourth-order valence-electron chi connectivity index (χ4n) is 6.73. The van der Waals surface area contributed by atoms with Crippen LogP contribution in [0.4, 0.5) is 0 Å². The molecular formula is C32H42BrN3O7. The molecule has 4 rings (SSSR count). The smallest absolute Gasteiger partial charge is 0.312 e. The summed E-state index contributed by atoms with van der Waals surface area (Å²) >= 11 is 3.67. The molecule has 1 unspecified atom stereocenters. The molecule has 3 saturated heterocycles. The van der Waals surface area contributed by atoms with Crippen molar-refractivity contribution in [1.82, 2.24) is 15.1 Å². The Morgan fingerprint density at radius 1 is 1.23 bits per heavy atom. The minimum absolute atomic E-state index is 0.111. The predicted octanol–water partition coefficient (Wildman–Crippen LogP) is 2.91. The number of amides is 3. The summed E-state index contributed by atoms with van der Waals surface area (Å²) in [6.45, 7) is 12.8. The first-order valence-corrected chi connectivity index (χ1v) is 15.7. The van der Waals surface area contributed by atoms with E-state index in [1.54, 1.807) is 48.2 Å². The van der Waals surface area contributed by atoms with Crippen LogP contribution in [0.15, 0.2) is 55.6 Å². The molecule has 0 aromatic heterocycles. The lowest BCUT2D eigenvalue weighted by atomic mass is 9.70. The number of hydrogen-bond acceptors (Lipinski definition) is 7. The van der Waals surface area contributed by atoms with Crippen LogP contribution in [0, 0.1) is 11.8 Å². The van der Waals surface area contributed by atoms with Gasteiger partial charge in [-0.3, -0.25) is 19.2 Å². The van der Waals surface area contributed by atoms with Gasteiger partial charge in [0.2, 0.25) is 17.7 Å². The molecule has 3 aliphatic heterocycles. The topological polar surface area (TPSA) is 125 Å². The van der Waals surface area contributed by atoms with E-state index in [0.29, 0.717) is 18.4 Å². The van der Waals surface area contributed by atoms with Gasteiger partial charge in [-0.05, 0) is 39.2 Å². The largest absolute Gasteiger partial charge is 0.460 e. The van der Waals surface area contributed by atoms with E-state index in [1.807, 2.05) is 19.9 Å². The van der Waals surface area contributed by atoms with Crippen molar-refractivity contribution < 1.29 is 33.8 Å². The number of rotatable bonds is 14. The Labute approximate surface area is 261 Å². The average molecular weight is 661 g/mol. The fourth-order valence-corrected chi connectivity index (χ4v) is 7.67. The van der Waals surface area contributed by atoms with Crippen molar-refractivity contribution >= 4 is 39.6 Å². The number of likely N-dealkylation sites (tertiary alicyclic amines) is 1. The van der Waals surface area contributed by atoms with Gasteiger partial charge in [-0.15, -0.1) is 13.2 Å². The van der Waals surface area contributed by atoms with Crippen LogP contribution in [-0.2, 0) is 28.7 Å². The lowest BCUT2D eigenvalue weighted by Crippen LogP contribution is -2.58. The van der Waals surface area contributed by atoms with Crippen LogP contribution in [0.5, 0.6) is 0 Å². The monoisotopic (exact) mass is 659 g/mol. The number of esters is 1. The maximum atomic E-state index is 14.5. The van der Waals surface area contributed by atoms with E-state index < -0.39 is 60.2 Å². The minimum Gasteiger partial charge on any atom is -0.460 e. The minimum atomic E-state index is -1.31. The first kappa shape index (κ1) is 32.9. The third kappa shape index (κ3) is 6.17. The Morgan fingerprint density at radius 2 is 1.93 bits per heavy atom. The Kier molecular flexibility index (Phi) is 10.5. The van der Waals surface area contributed by atoms with Gasteiger partial charge in [-0.1, -0.05) is 58.4 Å². The molecule has 2 bridgehead atoms. The number of fused-ring (bicyclic) bond motifs is 1. The van der Waals surface area contributed by atoms with Crippen LogP contribution in [0.25, 0.3) is 0 Å². The molecule has 11 heteroatoms. The summed E-state index contributed by atoms with van der Waals surface area (Å²) in [5, 5.41) is 13.4. The van der Waals surface area contributed by atoms with Crippen molar-refractivity contribution in [2.24, 2.45) is 11.8 Å². The molecule has 1 aromatic rings. The van der Waals surface area contributed by atoms with Crippen LogP contribution in [-0.4, -0.2) is 93.0 Å². The molecule has 43 heavy (non-hydrogen) atoms. The lowest BCUT2D eigenvalue weighted by Gasteiger charge is -2.40. The van der Waals surface area contributed by atoms with Crippen LogP contribution >= 0.6 is 15.9 Å². The summed E-state index contributed by atoms with van der Waals surface area (Å²) in [6, 6.07) is 6.92. The van der Waals surface area contributed by atoms with Crippen molar-refractivity contribution in [2.45, 2.75) is 80.8 Å². The van der Waals surface area contributed by atoms with E-state index in [2.05, 4.69) is 34.4 Å². The molecule has 1 spiro atoms. The van der Waals surface area contributed by atoms with Gasteiger partial charge in [-0.25, -0.2) is 0 Å². The van der Waals surface area contributed by atoms with Gasteiger partial charge < -0.3 is 29.7 Å². The van der Waals surface area contributed by atoms with E-state index in [-0.39, 0.29) is 42.2 Å². The third-order valence-electron chi connectivity index (χ3n) is 8.64. The summed E-state index contributed by atoms with van der Waals surface area (Å²) in [5.41, 5.74) is -0.646. The second-order valence-corrected chi connectivity index (χ2v) is 12.9. The molecule has 3 amide bonds. The highest BCUT2D eigenvalue weighted by Gasteiger charge is 2.77. The number of carbonyl (C=O) groups excluding carboxylic acids is 4. The molecule has 3 fully saturated rings. The molecule has 8 atom stereocenters. The zero-order chi connectivity index (χ0) is 31.5. The van der Waals surface area contributed by atoms with Gasteiger partial charge in [0, 0.05) is 23.8 Å². The van der Waals surface area contributed by atoms with Crippen LogP contribution in [0.3, 0.4) is 0 Å². The van der Waals surface area contributed by atoms with Crippen molar-refractivity contribution in [3.63, 3.8) is 0 Å². The predicted molar refractivity (Wildman–Crippen MR) is 164 cm³/mol. The summed E-state index contributed by atoms with van der Waals surface area (Å²) < 4.78 is 12.3. The number of benzene rings is 1. The number of ether oxygens (including phenoxy) is 2. The maximum Gasteiger partial charge on any atom is 0.312 e. The molecule has 0 aliphatic carbocycles. The first-order valence-electron chi connectivity index (χ1n) is 14.8. The molecular weight excluding hydrogens is 618 g/mol. The summed E-state index contributed by atoms with van der Waals surface area (Å²) in [6.07, 6.45) is 3.08. The quantitative estimate of drug-likeness (QED) is 0.179. The van der Waals surface area contributed by atoms with Crippen molar-refractivity contribution in [1.29, 1.82) is 0 Å². The standard InChI is InChI=1S/C32H42BrN3O7/c1-6-8-14-24(38)34-17-20(5)42-31(41)25-26-29(39)36(23(18-37)21-12-10-9-11-13-21)28(30(40)35(15-7-2)19(3)4)32(26)16-22(33)27(25)43-32/h6-7,9-13,19-20,22-23,25-28,37H,1-2,8,14-18H2,3-5H3,(H,34,38)/t20-,22?,23+,25-,26+,27-,28-,32+/m0/s1. The summed E-state index contributed by atoms with van der Waals surface area (Å²) in [4.78, 5) is 57.5. The highest BCUT2D eigenvalue weighted by atomic mass is 79.9. The molecule has 0 saturated carbocycles. The normalized spacial score (nSPS) is 28.7. The Balaban J connectivity index is 1.70. The molecule has 3 aliphatic rings.